The van der Waals surface area contributed by atoms with Crippen molar-refractivity contribution in [1.82, 2.24) is 10.2 Å². The Morgan fingerprint density at radius 1 is 0.833 bits per heavy atom. The molecule has 0 radical (unpaired) electrons. The van der Waals surface area contributed by atoms with E-state index in [1.54, 1.807) is 26.0 Å². The molecule has 1 heterocycles. The van der Waals surface area contributed by atoms with Crippen LogP contribution in [0.15, 0.2) is 65.7 Å². The molecule has 0 unspecified atom stereocenters. The molecule has 3 rings (SSSR count). The topological polar surface area (TPSA) is 44.2 Å². The fourth-order valence-electron chi connectivity index (χ4n) is 2.27. The second-order valence-corrected chi connectivity index (χ2v) is 6.13. The van der Waals surface area contributed by atoms with E-state index in [0.29, 0.717) is 0 Å². The minimum atomic E-state index is 0.771. The molecule has 3 aromatic rings. The van der Waals surface area contributed by atoms with E-state index in [1.165, 1.54) is 0 Å². The lowest BCUT2D eigenvalue weighted by Crippen LogP contribution is -1.92. The van der Waals surface area contributed by atoms with Crippen LogP contribution in [-0.2, 0) is 5.75 Å². The molecule has 0 fully saturated rings. The Balaban J connectivity index is 1.69. The van der Waals surface area contributed by atoms with E-state index in [4.69, 9.17) is 9.47 Å². The summed E-state index contributed by atoms with van der Waals surface area (Å²) in [5.41, 5.74) is 3.06. The van der Waals surface area contributed by atoms with E-state index in [0.717, 1.165) is 39.1 Å². The third kappa shape index (κ3) is 4.06. The minimum absolute atomic E-state index is 0.771. The first kappa shape index (κ1) is 16.3. The average Bonchev–Trinajstić information content (AvgIpc) is 2.67. The predicted molar refractivity (Wildman–Crippen MR) is 96.6 cm³/mol. The highest BCUT2D eigenvalue weighted by molar-refractivity contribution is 7.98. The Morgan fingerprint density at radius 3 is 2.12 bits per heavy atom. The highest BCUT2D eigenvalue weighted by atomic mass is 32.2. The van der Waals surface area contributed by atoms with Crippen LogP contribution in [0.2, 0.25) is 0 Å². The summed E-state index contributed by atoms with van der Waals surface area (Å²) in [6.07, 6.45) is 0. The highest BCUT2D eigenvalue weighted by Crippen LogP contribution is 2.28. The van der Waals surface area contributed by atoms with Crippen LogP contribution < -0.4 is 9.47 Å². The van der Waals surface area contributed by atoms with Crippen molar-refractivity contribution in [3.05, 3.63) is 66.2 Å². The van der Waals surface area contributed by atoms with E-state index >= 15 is 0 Å². The molecule has 2 aromatic carbocycles. The van der Waals surface area contributed by atoms with Crippen LogP contribution >= 0.6 is 11.8 Å². The Labute approximate surface area is 145 Å². The zero-order valence-electron chi connectivity index (χ0n) is 13.6. The zero-order valence-corrected chi connectivity index (χ0v) is 14.4. The van der Waals surface area contributed by atoms with Gasteiger partial charge in [0.25, 0.3) is 0 Å². The maximum absolute atomic E-state index is 5.30. The minimum Gasteiger partial charge on any atom is -0.497 e. The number of aromatic nitrogens is 2. The average molecular weight is 338 g/mol. The molecule has 24 heavy (non-hydrogen) atoms. The molecule has 0 saturated carbocycles. The van der Waals surface area contributed by atoms with Crippen molar-refractivity contribution in [1.29, 1.82) is 0 Å². The molecule has 5 heteroatoms. The third-order valence-corrected chi connectivity index (χ3v) is 4.50. The molecular formula is C19H18N2O2S. The lowest BCUT2D eigenvalue weighted by atomic mass is 10.1. The highest BCUT2D eigenvalue weighted by Gasteiger charge is 2.05. The molecule has 4 nitrogen and oxygen atoms in total. The van der Waals surface area contributed by atoms with Crippen LogP contribution in [0.3, 0.4) is 0 Å². The van der Waals surface area contributed by atoms with Crippen molar-refractivity contribution in [2.45, 2.75) is 10.8 Å². The van der Waals surface area contributed by atoms with Gasteiger partial charge >= 0.3 is 0 Å². The Hall–Kier alpha value is -2.53. The first-order chi connectivity index (χ1) is 11.8. The summed E-state index contributed by atoms with van der Waals surface area (Å²) in [7, 11) is 3.30. The van der Waals surface area contributed by atoms with Crippen LogP contribution in [0, 0.1) is 0 Å². The summed E-state index contributed by atoms with van der Waals surface area (Å²) < 4.78 is 10.6. The molecule has 0 N–H and O–H groups in total. The molecule has 0 amide bonds. The molecule has 0 atom stereocenters. The molecule has 0 aliphatic rings. The van der Waals surface area contributed by atoms with Crippen molar-refractivity contribution in [3.63, 3.8) is 0 Å². The number of hydrogen-bond donors (Lipinski definition) is 0. The smallest absolute Gasteiger partial charge is 0.122 e. The molecule has 0 aliphatic carbocycles. The van der Waals surface area contributed by atoms with Crippen LogP contribution in [-0.4, -0.2) is 24.4 Å². The number of ether oxygens (including phenoxy) is 2. The van der Waals surface area contributed by atoms with Crippen molar-refractivity contribution >= 4 is 11.8 Å². The summed E-state index contributed by atoms with van der Waals surface area (Å²) in [5.74, 6) is 2.35. The second-order valence-electron chi connectivity index (χ2n) is 5.13. The van der Waals surface area contributed by atoms with Crippen molar-refractivity contribution in [2.75, 3.05) is 14.2 Å². The fraction of sp³-hybridized carbons (Fsp3) is 0.158. The van der Waals surface area contributed by atoms with Gasteiger partial charge in [0.05, 0.1) is 19.9 Å². The van der Waals surface area contributed by atoms with Gasteiger partial charge in [0.2, 0.25) is 0 Å². The quantitative estimate of drug-likeness (QED) is 0.621. The third-order valence-electron chi connectivity index (χ3n) is 3.51. The maximum atomic E-state index is 5.30. The van der Waals surface area contributed by atoms with Gasteiger partial charge in [-0.1, -0.05) is 42.1 Å². The first-order valence-electron chi connectivity index (χ1n) is 7.52. The van der Waals surface area contributed by atoms with Crippen LogP contribution in [0.5, 0.6) is 11.5 Å². The summed E-state index contributed by atoms with van der Waals surface area (Å²) in [5, 5.41) is 9.50. The fourth-order valence-corrected chi connectivity index (χ4v) is 3.01. The number of nitrogens with zero attached hydrogens (tertiary/aromatic N) is 2. The van der Waals surface area contributed by atoms with Crippen LogP contribution in [0.25, 0.3) is 11.3 Å². The SMILES string of the molecule is COc1cc(CSc2ccc(-c3ccccc3)nn2)cc(OC)c1. The molecule has 1 aromatic heterocycles. The standard InChI is InChI=1S/C19H18N2O2S/c1-22-16-10-14(11-17(12-16)23-2)13-24-19-9-8-18(20-21-19)15-6-4-3-5-7-15/h3-12H,13H2,1-2H3. The molecule has 0 bridgehead atoms. The van der Waals surface area contributed by atoms with Crippen molar-refractivity contribution in [3.8, 4) is 22.8 Å². The van der Waals surface area contributed by atoms with E-state index in [-0.39, 0.29) is 0 Å². The molecule has 0 spiro atoms. The largest absolute Gasteiger partial charge is 0.497 e. The van der Waals surface area contributed by atoms with Gasteiger partial charge in [-0.05, 0) is 29.8 Å². The van der Waals surface area contributed by atoms with Gasteiger partial charge in [0.15, 0.2) is 0 Å². The van der Waals surface area contributed by atoms with Crippen molar-refractivity contribution in [2.24, 2.45) is 0 Å². The van der Waals surface area contributed by atoms with Gasteiger partial charge in [-0.15, -0.1) is 10.2 Å². The van der Waals surface area contributed by atoms with Gasteiger partial charge in [0, 0.05) is 17.4 Å². The lowest BCUT2D eigenvalue weighted by molar-refractivity contribution is 0.393. The van der Waals surface area contributed by atoms with Crippen LogP contribution in [0.1, 0.15) is 5.56 Å². The number of hydrogen-bond acceptors (Lipinski definition) is 5. The molecular weight excluding hydrogens is 320 g/mol. The van der Waals surface area contributed by atoms with E-state index in [1.807, 2.05) is 60.7 Å². The number of thioether (sulfide) groups is 1. The zero-order chi connectivity index (χ0) is 16.8. The predicted octanol–water partition coefficient (Wildman–Crippen LogP) is 4.45. The monoisotopic (exact) mass is 338 g/mol. The Bertz CT molecular complexity index is 770. The lowest BCUT2D eigenvalue weighted by Gasteiger charge is -2.08. The van der Waals surface area contributed by atoms with Gasteiger partial charge in [-0.25, -0.2) is 0 Å². The van der Waals surface area contributed by atoms with Gasteiger partial charge in [-0.3, -0.25) is 0 Å². The second kappa shape index (κ2) is 7.84. The number of methoxy groups -OCH3 is 2. The van der Waals surface area contributed by atoms with Gasteiger partial charge in [-0.2, -0.15) is 0 Å². The van der Waals surface area contributed by atoms with Gasteiger partial charge in [0.1, 0.15) is 16.5 Å². The normalized spacial score (nSPS) is 10.4. The van der Waals surface area contributed by atoms with Gasteiger partial charge < -0.3 is 9.47 Å². The number of benzene rings is 2. The summed E-state index contributed by atoms with van der Waals surface area (Å²) in [4.78, 5) is 0. The summed E-state index contributed by atoms with van der Waals surface area (Å²) in [6.45, 7) is 0. The maximum Gasteiger partial charge on any atom is 0.122 e. The Morgan fingerprint density at radius 2 is 1.54 bits per heavy atom. The van der Waals surface area contributed by atoms with E-state index in [2.05, 4.69) is 10.2 Å². The Kier molecular flexibility index (Phi) is 5.33. The van der Waals surface area contributed by atoms with E-state index < -0.39 is 0 Å². The molecule has 0 aliphatic heterocycles. The summed E-state index contributed by atoms with van der Waals surface area (Å²) in [6, 6.07) is 19.9. The van der Waals surface area contributed by atoms with E-state index in [9.17, 15) is 0 Å². The number of rotatable bonds is 6. The first-order valence-corrected chi connectivity index (χ1v) is 8.51. The molecule has 122 valence electrons. The van der Waals surface area contributed by atoms with Crippen LogP contribution in [0.4, 0.5) is 0 Å². The van der Waals surface area contributed by atoms with Crippen molar-refractivity contribution < 1.29 is 9.47 Å². The molecule has 0 saturated heterocycles. The summed E-state index contributed by atoms with van der Waals surface area (Å²) >= 11 is 1.63.